The topological polar surface area (TPSA) is 56.1 Å². The van der Waals surface area contributed by atoms with Crippen molar-refractivity contribution in [2.24, 2.45) is 0 Å². The monoisotopic (exact) mass is 325 g/mol. The van der Waals surface area contributed by atoms with Gasteiger partial charge < -0.3 is 10.1 Å². The van der Waals surface area contributed by atoms with Crippen molar-refractivity contribution in [3.8, 4) is 12.3 Å². The summed E-state index contributed by atoms with van der Waals surface area (Å²) in [6, 6.07) is 0. The number of anilines is 1. The predicted octanol–water partition coefficient (Wildman–Crippen LogP) is 1.62. The van der Waals surface area contributed by atoms with Gasteiger partial charge >= 0.3 is 0 Å². The van der Waals surface area contributed by atoms with Gasteiger partial charge in [0.15, 0.2) is 0 Å². The van der Waals surface area contributed by atoms with E-state index in [0.717, 1.165) is 19.4 Å². The molecule has 1 aromatic rings. The minimum Gasteiger partial charge on any atom is -0.380 e. The van der Waals surface area contributed by atoms with E-state index >= 15 is 0 Å². The Labute approximate surface area is 120 Å². The molecule has 6 heteroatoms. The lowest BCUT2D eigenvalue weighted by molar-refractivity contribution is 0.0315. The van der Waals surface area contributed by atoms with Crippen molar-refractivity contribution >= 4 is 21.6 Å². The number of hydrogen-bond donors (Lipinski definition) is 1. The Morgan fingerprint density at radius 1 is 1.74 bits per heavy atom. The van der Waals surface area contributed by atoms with E-state index in [1.165, 1.54) is 4.68 Å². The molecule has 1 aliphatic heterocycles. The molecular weight excluding hydrogens is 310 g/mol. The minimum atomic E-state index is -0.236. The van der Waals surface area contributed by atoms with Crippen LogP contribution in [0.1, 0.15) is 19.8 Å². The molecule has 2 rings (SSSR count). The standard InChI is InChI=1S/C13H16BrN3O2/c1-3-6-17-12(18)11(14)10(8-16-17)15-9-13(2)5-4-7-19-13/h1,8,15H,4-7,9H2,2H3. The lowest BCUT2D eigenvalue weighted by atomic mass is 10.0. The number of nitrogens with zero attached hydrogens (tertiary/aromatic N) is 2. The van der Waals surface area contributed by atoms with Gasteiger partial charge in [-0.25, -0.2) is 4.68 Å². The average Bonchev–Trinajstić information content (AvgIpc) is 2.82. The summed E-state index contributed by atoms with van der Waals surface area (Å²) in [6.45, 7) is 3.67. The van der Waals surface area contributed by atoms with Gasteiger partial charge in [0.05, 0.1) is 17.5 Å². The third-order valence-corrected chi connectivity index (χ3v) is 3.95. The van der Waals surface area contributed by atoms with Gasteiger partial charge in [0.25, 0.3) is 5.56 Å². The smallest absolute Gasteiger partial charge is 0.284 e. The minimum absolute atomic E-state index is 0.165. The fourth-order valence-corrected chi connectivity index (χ4v) is 2.49. The number of halogens is 1. The van der Waals surface area contributed by atoms with Gasteiger partial charge in [-0.2, -0.15) is 5.10 Å². The van der Waals surface area contributed by atoms with E-state index in [4.69, 9.17) is 11.2 Å². The molecule has 0 spiro atoms. The van der Waals surface area contributed by atoms with E-state index in [9.17, 15) is 4.79 Å². The summed E-state index contributed by atoms with van der Waals surface area (Å²) in [4.78, 5) is 11.9. The molecule has 1 aromatic heterocycles. The van der Waals surface area contributed by atoms with Crippen molar-refractivity contribution in [3.63, 3.8) is 0 Å². The molecular formula is C13H16BrN3O2. The van der Waals surface area contributed by atoms with Crippen LogP contribution >= 0.6 is 15.9 Å². The van der Waals surface area contributed by atoms with Crippen molar-refractivity contribution in [2.45, 2.75) is 31.9 Å². The maximum Gasteiger partial charge on any atom is 0.284 e. The van der Waals surface area contributed by atoms with Crippen molar-refractivity contribution in [1.82, 2.24) is 9.78 Å². The Bertz CT molecular complexity index is 556. The molecule has 0 saturated carbocycles. The fraction of sp³-hybridized carbons (Fsp3) is 0.538. The van der Waals surface area contributed by atoms with E-state index in [0.29, 0.717) is 16.7 Å². The van der Waals surface area contributed by atoms with E-state index in [-0.39, 0.29) is 17.7 Å². The second-order valence-corrected chi connectivity index (χ2v) is 5.59. The summed E-state index contributed by atoms with van der Waals surface area (Å²) in [7, 11) is 0. The molecule has 1 N–H and O–H groups in total. The first-order chi connectivity index (χ1) is 9.06. The summed E-state index contributed by atoms with van der Waals surface area (Å²) >= 11 is 3.28. The van der Waals surface area contributed by atoms with Gasteiger partial charge in [0, 0.05) is 13.2 Å². The fourth-order valence-electron chi connectivity index (χ4n) is 2.05. The average molecular weight is 326 g/mol. The lowest BCUT2D eigenvalue weighted by Crippen LogP contribution is -2.33. The summed E-state index contributed by atoms with van der Waals surface area (Å²) in [5, 5.41) is 7.23. The van der Waals surface area contributed by atoms with Gasteiger partial charge in [0.1, 0.15) is 11.0 Å². The van der Waals surface area contributed by atoms with Crippen LogP contribution in [0.2, 0.25) is 0 Å². The van der Waals surface area contributed by atoms with Gasteiger partial charge in [-0.1, -0.05) is 5.92 Å². The maximum atomic E-state index is 11.9. The predicted molar refractivity (Wildman–Crippen MR) is 77.1 cm³/mol. The third-order valence-electron chi connectivity index (χ3n) is 3.18. The van der Waals surface area contributed by atoms with Crippen molar-refractivity contribution in [1.29, 1.82) is 0 Å². The van der Waals surface area contributed by atoms with Crippen LogP contribution in [0.5, 0.6) is 0 Å². The first-order valence-electron chi connectivity index (χ1n) is 6.13. The molecule has 5 nitrogen and oxygen atoms in total. The third kappa shape index (κ3) is 3.17. The molecule has 1 atom stereocenters. The van der Waals surface area contributed by atoms with E-state index in [2.05, 4.69) is 39.2 Å². The first kappa shape index (κ1) is 14.1. The molecule has 1 unspecified atom stereocenters. The summed E-state index contributed by atoms with van der Waals surface area (Å²) < 4.78 is 7.37. The SMILES string of the molecule is C#CCn1ncc(NCC2(C)CCCO2)c(Br)c1=O. The molecule has 0 bridgehead atoms. The molecule has 102 valence electrons. The zero-order valence-corrected chi connectivity index (χ0v) is 12.4. The largest absolute Gasteiger partial charge is 0.380 e. The van der Waals surface area contributed by atoms with Gasteiger partial charge in [0.2, 0.25) is 0 Å². The Hall–Kier alpha value is -1.32. The number of terminal acetylenes is 1. The molecule has 1 saturated heterocycles. The molecule has 19 heavy (non-hydrogen) atoms. The van der Waals surface area contributed by atoms with E-state index < -0.39 is 0 Å². The van der Waals surface area contributed by atoms with Crippen LogP contribution in [0.25, 0.3) is 0 Å². The van der Waals surface area contributed by atoms with Crippen molar-refractivity contribution in [3.05, 3.63) is 21.0 Å². The van der Waals surface area contributed by atoms with E-state index in [1.54, 1.807) is 6.20 Å². The lowest BCUT2D eigenvalue weighted by Gasteiger charge is -2.24. The van der Waals surface area contributed by atoms with Gasteiger partial charge in [-0.05, 0) is 35.7 Å². The molecule has 0 aromatic carbocycles. The van der Waals surface area contributed by atoms with Gasteiger partial charge in [-0.15, -0.1) is 6.42 Å². The number of aromatic nitrogens is 2. The second-order valence-electron chi connectivity index (χ2n) is 4.79. The van der Waals surface area contributed by atoms with Crippen LogP contribution in [0.3, 0.4) is 0 Å². The summed E-state index contributed by atoms with van der Waals surface area (Å²) in [5.74, 6) is 2.39. The summed E-state index contributed by atoms with van der Waals surface area (Å²) in [5.41, 5.74) is 0.253. The van der Waals surface area contributed by atoms with Crippen molar-refractivity contribution in [2.75, 3.05) is 18.5 Å². The number of ether oxygens (including phenoxy) is 1. The number of rotatable bonds is 4. The van der Waals surface area contributed by atoms with Crippen LogP contribution in [-0.4, -0.2) is 28.5 Å². The zero-order chi connectivity index (χ0) is 13.9. The maximum absolute atomic E-state index is 11.9. The normalized spacial score (nSPS) is 22.2. The van der Waals surface area contributed by atoms with Crippen LogP contribution in [0, 0.1) is 12.3 Å². The number of nitrogens with one attached hydrogen (secondary N) is 1. The van der Waals surface area contributed by atoms with Crippen LogP contribution in [-0.2, 0) is 11.3 Å². The highest BCUT2D eigenvalue weighted by Crippen LogP contribution is 2.26. The second kappa shape index (κ2) is 5.76. The van der Waals surface area contributed by atoms with E-state index in [1.807, 2.05) is 0 Å². The van der Waals surface area contributed by atoms with Crippen molar-refractivity contribution < 1.29 is 4.74 Å². The number of hydrogen-bond acceptors (Lipinski definition) is 4. The molecule has 2 heterocycles. The highest BCUT2D eigenvalue weighted by Gasteiger charge is 2.29. The molecule has 0 amide bonds. The quantitative estimate of drug-likeness (QED) is 0.855. The van der Waals surface area contributed by atoms with Crippen LogP contribution in [0.4, 0.5) is 5.69 Å². The highest BCUT2D eigenvalue weighted by atomic mass is 79.9. The van der Waals surface area contributed by atoms with Crippen LogP contribution in [0.15, 0.2) is 15.5 Å². The van der Waals surface area contributed by atoms with Crippen LogP contribution < -0.4 is 10.9 Å². The first-order valence-corrected chi connectivity index (χ1v) is 6.92. The summed E-state index contributed by atoms with van der Waals surface area (Å²) in [6.07, 6.45) is 8.86. The zero-order valence-electron chi connectivity index (χ0n) is 10.8. The molecule has 1 fully saturated rings. The highest BCUT2D eigenvalue weighted by molar-refractivity contribution is 9.10. The molecule has 0 radical (unpaired) electrons. The molecule has 1 aliphatic rings. The molecule has 0 aliphatic carbocycles. The Balaban J connectivity index is 2.11. The van der Waals surface area contributed by atoms with Gasteiger partial charge in [-0.3, -0.25) is 4.79 Å². The Morgan fingerprint density at radius 3 is 3.16 bits per heavy atom. The Kier molecular flexibility index (Phi) is 4.27. The Morgan fingerprint density at radius 2 is 2.53 bits per heavy atom.